The molecule has 0 radical (unpaired) electrons. The van der Waals surface area contributed by atoms with Crippen LogP contribution in [0.5, 0.6) is 5.75 Å². The highest BCUT2D eigenvalue weighted by Gasteiger charge is 2.15. The van der Waals surface area contributed by atoms with Crippen LogP contribution in [-0.2, 0) is 0 Å². The van der Waals surface area contributed by atoms with Crippen molar-refractivity contribution >= 4 is 23.1 Å². The van der Waals surface area contributed by atoms with Gasteiger partial charge in [-0.25, -0.2) is 0 Å². The molecular weight excluding hydrogens is 366 g/mol. The number of hydrogen-bond donors (Lipinski definition) is 2. The van der Waals surface area contributed by atoms with Gasteiger partial charge in [0.25, 0.3) is 0 Å². The van der Waals surface area contributed by atoms with Crippen LogP contribution in [-0.4, -0.2) is 30.6 Å². The Labute approximate surface area is 174 Å². The molecule has 0 aliphatic carbocycles. The van der Waals surface area contributed by atoms with E-state index < -0.39 is 0 Å². The van der Waals surface area contributed by atoms with E-state index in [4.69, 9.17) is 16.2 Å². The van der Waals surface area contributed by atoms with Crippen molar-refractivity contribution in [2.24, 2.45) is 0 Å². The lowest BCUT2D eigenvalue weighted by Crippen LogP contribution is -2.38. The minimum absolute atomic E-state index is 0.392. The zero-order valence-electron chi connectivity index (χ0n) is 17.5. The van der Waals surface area contributed by atoms with Crippen LogP contribution in [0, 0.1) is 0 Å². The molecule has 0 bridgehead atoms. The lowest BCUT2D eigenvalue weighted by molar-refractivity contribution is 0.141. The predicted molar refractivity (Wildman–Crippen MR) is 122 cm³/mol. The number of rotatable bonds is 12. The first-order valence-corrected chi connectivity index (χ1v) is 11.2. The van der Waals surface area contributed by atoms with Crippen molar-refractivity contribution in [3.8, 4) is 5.75 Å². The van der Waals surface area contributed by atoms with E-state index in [1.165, 1.54) is 25.7 Å². The Kier molecular flexibility index (Phi) is 9.51. The summed E-state index contributed by atoms with van der Waals surface area (Å²) in [5.41, 5.74) is 13.0. The van der Waals surface area contributed by atoms with Crippen LogP contribution >= 0.6 is 11.8 Å². The molecule has 5 heteroatoms. The first-order valence-electron chi connectivity index (χ1n) is 10.3. The van der Waals surface area contributed by atoms with E-state index in [1.807, 2.05) is 36.4 Å². The van der Waals surface area contributed by atoms with Crippen LogP contribution in [0.25, 0.3) is 0 Å². The molecule has 1 atom stereocenters. The average Bonchev–Trinajstić information content (AvgIpc) is 2.70. The molecule has 0 aliphatic rings. The minimum Gasteiger partial charge on any atom is -0.491 e. The molecule has 0 saturated carbocycles. The zero-order valence-corrected chi connectivity index (χ0v) is 18.3. The number of hydrogen-bond acceptors (Lipinski definition) is 5. The Morgan fingerprint density at radius 1 is 0.964 bits per heavy atom. The second-order valence-electron chi connectivity index (χ2n) is 7.24. The van der Waals surface area contributed by atoms with Crippen molar-refractivity contribution in [3.63, 3.8) is 0 Å². The van der Waals surface area contributed by atoms with Crippen molar-refractivity contribution < 1.29 is 4.74 Å². The molecule has 2 aromatic carbocycles. The molecule has 28 heavy (non-hydrogen) atoms. The molecule has 0 aliphatic heterocycles. The summed E-state index contributed by atoms with van der Waals surface area (Å²) >= 11 is 1.65. The van der Waals surface area contributed by atoms with Crippen molar-refractivity contribution in [2.45, 2.75) is 62.3 Å². The summed E-state index contributed by atoms with van der Waals surface area (Å²) < 4.78 is 6.25. The third-order valence-corrected chi connectivity index (χ3v) is 5.88. The van der Waals surface area contributed by atoms with E-state index in [-0.39, 0.29) is 0 Å². The van der Waals surface area contributed by atoms with Gasteiger partial charge in [0.1, 0.15) is 12.4 Å². The maximum Gasteiger partial charge on any atom is 0.133 e. The van der Waals surface area contributed by atoms with Crippen LogP contribution in [0.1, 0.15) is 46.5 Å². The zero-order chi connectivity index (χ0) is 20.4. The second kappa shape index (κ2) is 11.9. The van der Waals surface area contributed by atoms with Crippen LogP contribution in [0.3, 0.4) is 0 Å². The largest absolute Gasteiger partial charge is 0.491 e. The van der Waals surface area contributed by atoms with Crippen molar-refractivity contribution in [1.82, 2.24) is 4.90 Å². The van der Waals surface area contributed by atoms with Crippen LogP contribution in [0.4, 0.5) is 11.4 Å². The standard InChI is InChI=1S/C23H35N3OS/c1-4-6-14-26(15-7-5-2)18(3)17-27-22-10-8-9-11-23(22)28-19-12-13-20(24)21(25)16-19/h8-13,16,18H,4-7,14-15,17,24-25H2,1-3H3. The smallest absolute Gasteiger partial charge is 0.133 e. The molecular formula is C23H35N3OS. The molecule has 0 spiro atoms. The molecule has 4 nitrogen and oxygen atoms in total. The Morgan fingerprint density at radius 2 is 1.64 bits per heavy atom. The number of para-hydroxylation sites is 1. The Morgan fingerprint density at radius 3 is 2.29 bits per heavy atom. The maximum absolute atomic E-state index is 6.25. The fourth-order valence-electron chi connectivity index (χ4n) is 2.99. The van der Waals surface area contributed by atoms with Gasteiger partial charge in [-0.3, -0.25) is 4.90 Å². The number of anilines is 2. The van der Waals surface area contributed by atoms with Gasteiger partial charge in [-0.2, -0.15) is 0 Å². The number of ether oxygens (including phenoxy) is 1. The van der Waals surface area contributed by atoms with Gasteiger partial charge < -0.3 is 16.2 Å². The normalized spacial score (nSPS) is 12.3. The first kappa shape index (κ1) is 22.4. The van der Waals surface area contributed by atoms with Crippen molar-refractivity contribution in [3.05, 3.63) is 42.5 Å². The van der Waals surface area contributed by atoms with E-state index >= 15 is 0 Å². The molecule has 154 valence electrons. The highest BCUT2D eigenvalue weighted by molar-refractivity contribution is 7.99. The molecule has 2 aromatic rings. The highest BCUT2D eigenvalue weighted by atomic mass is 32.2. The van der Waals surface area contributed by atoms with Gasteiger partial charge >= 0.3 is 0 Å². The Bertz CT molecular complexity index is 715. The summed E-state index contributed by atoms with van der Waals surface area (Å²) in [6.07, 6.45) is 4.92. The van der Waals surface area contributed by atoms with Crippen molar-refractivity contribution in [1.29, 1.82) is 0 Å². The molecule has 0 amide bonds. The summed E-state index contributed by atoms with van der Waals surface area (Å²) in [6.45, 7) is 9.73. The van der Waals surface area contributed by atoms with Gasteiger partial charge in [0.2, 0.25) is 0 Å². The topological polar surface area (TPSA) is 64.5 Å². The third-order valence-electron chi connectivity index (χ3n) is 4.84. The van der Waals surface area contributed by atoms with E-state index in [1.54, 1.807) is 11.8 Å². The average molecular weight is 402 g/mol. The molecule has 1 unspecified atom stereocenters. The maximum atomic E-state index is 6.25. The van der Waals surface area contributed by atoms with Crippen LogP contribution < -0.4 is 16.2 Å². The SMILES string of the molecule is CCCCN(CCCC)C(C)COc1ccccc1Sc1ccc(N)c(N)c1. The summed E-state index contributed by atoms with van der Waals surface area (Å²) in [4.78, 5) is 4.71. The Balaban J connectivity index is 2.02. The number of nitrogens with two attached hydrogens (primary N) is 2. The molecule has 2 rings (SSSR count). The number of nitrogens with zero attached hydrogens (tertiary/aromatic N) is 1. The van der Waals surface area contributed by atoms with E-state index in [0.29, 0.717) is 24.0 Å². The van der Waals surface area contributed by atoms with Crippen LogP contribution in [0.2, 0.25) is 0 Å². The predicted octanol–water partition coefficient (Wildman–Crippen LogP) is 5.67. The van der Waals surface area contributed by atoms with Gasteiger partial charge in [0, 0.05) is 10.9 Å². The monoisotopic (exact) mass is 401 g/mol. The summed E-state index contributed by atoms with van der Waals surface area (Å²) in [6, 6.07) is 14.3. The fraction of sp³-hybridized carbons (Fsp3) is 0.478. The lowest BCUT2D eigenvalue weighted by atomic mass is 10.2. The van der Waals surface area contributed by atoms with Gasteiger partial charge in [-0.15, -0.1) is 0 Å². The van der Waals surface area contributed by atoms with Gasteiger partial charge in [0.05, 0.1) is 16.3 Å². The molecule has 0 saturated heterocycles. The molecule has 0 aromatic heterocycles. The molecule has 4 N–H and O–H groups in total. The lowest BCUT2D eigenvalue weighted by Gasteiger charge is -2.29. The summed E-state index contributed by atoms with van der Waals surface area (Å²) in [5.74, 6) is 0.917. The summed E-state index contributed by atoms with van der Waals surface area (Å²) in [5, 5.41) is 0. The molecule has 0 fully saturated rings. The quantitative estimate of drug-likeness (QED) is 0.449. The van der Waals surface area contributed by atoms with Gasteiger partial charge in [-0.1, -0.05) is 50.6 Å². The third kappa shape index (κ3) is 6.95. The Hall–Kier alpha value is -1.85. The second-order valence-corrected chi connectivity index (χ2v) is 8.36. The van der Waals surface area contributed by atoms with E-state index in [9.17, 15) is 0 Å². The number of unbranched alkanes of at least 4 members (excludes halogenated alkanes) is 2. The highest BCUT2D eigenvalue weighted by Crippen LogP contribution is 2.36. The fourth-order valence-corrected chi connectivity index (χ4v) is 3.94. The van der Waals surface area contributed by atoms with Crippen molar-refractivity contribution in [2.75, 3.05) is 31.2 Å². The number of benzene rings is 2. The van der Waals surface area contributed by atoms with Gasteiger partial charge in [0.15, 0.2) is 0 Å². The number of nitrogen functional groups attached to an aromatic ring is 2. The van der Waals surface area contributed by atoms with E-state index in [0.717, 1.165) is 28.6 Å². The van der Waals surface area contributed by atoms with Crippen LogP contribution in [0.15, 0.2) is 52.3 Å². The molecule has 0 heterocycles. The van der Waals surface area contributed by atoms with Gasteiger partial charge in [-0.05, 0) is 63.2 Å². The first-order chi connectivity index (χ1) is 13.5. The summed E-state index contributed by atoms with van der Waals surface area (Å²) in [7, 11) is 0. The van der Waals surface area contributed by atoms with E-state index in [2.05, 4.69) is 31.7 Å². The minimum atomic E-state index is 0.392.